The molecule has 1 atom stereocenters. The molecule has 0 aliphatic heterocycles. The number of aromatic nitrogens is 1. The number of carbonyl (C=O) groups excluding carboxylic acids is 1. The number of hydrogen-bond acceptors (Lipinski definition) is 4. The van der Waals surface area contributed by atoms with Crippen LogP contribution in [0, 0.1) is 12.8 Å². The number of hydrogen-bond donors (Lipinski definition) is 2. The Kier molecular flexibility index (Phi) is 3.53. The number of rotatable bonds is 5. The number of aryl methyl sites for hydroxylation is 1. The second kappa shape index (κ2) is 4.97. The predicted octanol–water partition coefficient (Wildman–Crippen LogP) is 1.15. The quantitative estimate of drug-likeness (QED) is 0.779. The number of carboxylic acids is 1. The van der Waals surface area contributed by atoms with Crippen molar-refractivity contribution in [2.24, 2.45) is 5.92 Å². The van der Waals surface area contributed by atoms with Gasteiger partial charge in [0.2, 0.25) is 11.5 Å². The van der Waals surface area contributed by atoms with Crippen LogP contribution in [0.4, 0.5) is 0 Å². The van der Waals surface area contributed by atoms with Gasteiger partial charge in [-0.15, -0.1) is 0 Å². The third kappa shape index (κ3) is 2.90. The Bertz CT molecular complexity index is 496. The maximum atomic E-state index is 11.5. The molecule has 0 saturated heterocycles. The number of aliphatic carboxylic acids is 1. The molecule has 6 nitrogen and oxygen atoms in total. The van der Waals surface area contributed by atoms with E-state index in [1.807, 2.05) is 0 Å². The van der Waals surface area contributed by atoms with Gasteiger partial charge in [0.25, 0.3) is 0 Å². The number of nitrogens with one attached hydrogen (secondary N) is 1. The van der Waals surface area contributed by atoms with Crippen LogP contribution in [-0.2, 0) is 20.0 Å². The molecule has 0 bridgehead atoms. The highest BCUT2D eigenvalue weighted by molar-refractivity contribution is 5.81. The Morgan fingerprint density at radius 1 is 1.47 bits per heavy atom. The second-order valence-electron chi connectivity index (χ2n) is 4.87. The molecule has 2 N–H and O–H groups in total. The van der Waals surface area contributed by atoms with E-state index >= 15 is 0 Å². The lowest BCUT2D eigenvalue weighted by Crippen LogP contribution is -2.42. The van der Waals surface area contributed by atoms with Gasteiger partial charge in [0.15, 0.2) is 0 Å². The van der Waals surface area contributed by atoms with E-state index < -0.39 is 11.6 Å². The SMILES string of the molecule is Cc1ccc(C(C)(ONC(=O)C2CC2)C(=O)O)cn1. The molecule has 1 saturated carbocycles. The summed E-state index contributed by atoms with van der Waals surface area (Å²) in [6.07, 6.45) is 3.09. The summed E-state index contributed by atoms with van der Waals surface area (Å²) in [6, 6.07) is 3.32. The predicted molar refractivity (Wildman–Crippen MR) is 65.9 cm³/mol. The summed E-state index contributed by atoms with van der Waals surface area (Å²) < 4.78 is 0. The number of hydroxylamine groups is 1. The molecule has 1 fully saturated rings. The molecule has 19 heavy (non-hydrogen) atoms. The lowest BCUT2D eigenvalue weighted by atomic mass is 9.98. The molecule has 1 unspecified atom stereocenters. The number of carbonyl (C=O) groups is 2. The zero-order valence-electron chi connectivity index (χ0n) is 10.8. The van der Waals surface area contributed by atoms with E-state index in [0.29, 0.717) is 5.56 Å². The van der Waals surface area contributed by atoms with E-state index in [2.05, 4.69) is 10.5 Å². The maximum absolute atomic E-state index is 11.5. The van der Waals surface area contributed by atoms with Crippen LogP contribution < -0.4 is 5.48 Å². The van der Waals surface area contributed by atoms with Crippen molar-refractivity contribution < 1.29 is 19.5 Å². The van der Waals surface area contributed by atoms with Gasteiger partial charge in [-0.05, 0) is 32.8 Å². The molecular formula is C13H16N2O4. The van der Waals surface area contributed by atoms with E-state index in [1.165, 1.54) is 13.1 Å². The second-order valence-corrected chi connectivity index (χ2v) is 4.87. The lowest BCUT2D eigenvalue weighted by molar-refractivity contribution is -0.180. The van der Waals surface area contributed by atoms with E-state index in [1.54, 1.807) is 19.1 Å². The topological polar surface area (TPSA) is 88.5 Å². The van der Waals surface area contributed by atoms with Crippen molar-refractivity contribution in [3.8, 4) is 0 Å². The normalized spacial score (nSPS) is 17.6. The van der Waals surface area contributed by atoms with Crippen molar-refractivity contribution in [2.75, 3.05) is 0 Å². The van der Waals surface area contributed by atoms with Crippen molar-refractivity contribution in [1.82, 2.24) is 10.5 Å². The summed E-state index contributed by atoms with van der Waals surface area (Å²) in [7, 11) is 0. The van der Waals surface area contributed by atoms with Gasteiger partial charge >= 0.3 is 5.97 Å². The fourth-order valence-electron chi connectivity index (χ4n) is 1.56. The first-order chi connectivity index (χ1) is 8.93. The zero-order chi connectivity index (χ0) is 14.0. The molecular weight excluding hydrogens is 248 g/mol. The molecule has 1 amide bonds. The highest BCUT2D eigenvalue weighted by atomic mass is 16.7. The van der Waals surface area contributed by atoms with E-state index in [4.69, 9.17) is 4.84 Å². The Labute approximate surface area is 110 Å². The summed E-state index contributed by atoms with van der Waals surface area (Å²) in [4.78, 5) is 32.1. The van der Waals surface area contributed by atoms with Crippen LogP contribution in [0.2, 0.25) is 0 Å². The Hall–Kier alpha value is -1.95. The smallest absolute Gasteiger partial charge is 0.343 e. The number of pyridine rings is 1. The summed E-state index contributed by atoms with van der Waals surface area (Å²) in [5, 5.41) is 9.32. The summed E-state index contributed by atoms with van der Waals surface area (Å²) >= 11 is 0. The molecule has 0 spiro atoms. The molecule has 1 aromatic heterocycles. The third-order valence-corrected chi connectivity index (χ3v) is 3.17. The minimum Gasteiger partial charge on any atom is -0.479 e. The molecule has 1 heterocycles. The van der Waals surface area contributed by atoms with Crippen LogP contribution in [0.1, 0.15) is 31.0 Å². The van der Waals surface area contributed by atoms with Gasteiger partial charge in [-0.2, -0.15) is 0 Å². The van der Waals surface area contributed by atoms with Gasteiger partial charge in [0.1, 0.15) is 0 Å². The van der Waals surface area contributed by atoms with Crippen molar-refractivity contribution >= 4 is 11.9 Å². The van der Waals surface area contributed by atoms with Crippen LogP contribution in [0.3, 0.4) is 0 Å². The Morgan fingerprint density at radius 2 is 2.16 bits per heavy atom. The Balaban J connectivity index is 2.14. The number of carboxylic acid groups (broad SMARTS) is 1. The van der Waals surface area contributed by atoms with Crippen molar-refractivity contribution in [2.45, 2.75) is 32.3 Å². The standard InChI is InChI=1S/C13H16N2O4/c1-8-3-6-10(7-14-8)13(2,12(17)18)19-15-11(16)9-4-5-9/h3,6-7,9H,4-5H2,1-2H3,(H,15,16)(H,17,18). The minimum atomic E-state index is -1.65. The van der Waals surface area contributed by atoms with Crippen molar-refractivity contribution in [1.29, 1.82) is 0 Å². The Morgan fingerprint density at radius 3 is 2.63 bits per heavy atom. The van der Waals surface area contributed by atoms with E-state index in [9.17, 15) is 14.7 Å². The number of nitrogens with zero attached hydrogens (tertiary/aromatic N) is 1. The lowest BCUT2D eigenvalue weighted by Gasteiger charge is -2.24. The number of amides is 1. The first kappa shape index (κ1) is 13.5. The van der Waals surface area contributed by atoms with Crippen LogP contribution in [-0.4, -0.2) is 22.0 Å². The van der Waals surface area contributed by atoms with Gasteiger partial charge in [0, 0.05) is 23.4 Å². The average Bonchev–Trinajstić information content (AvgIpc) is 3.20. The van der Waals surface area contributed by atoms with Gasteiger partial charge < -0.3 is 5.11 Å². The third-order valence-electron chi connectivity index (χ3n) is 3.17. The molecule has 102 valence electrons. The first-order valence-electron chi connectivity index (χ1n) is 6.08. The van der Waals surface area contributed by atoms with Crippen molar-refractivity contribution in [3.63, 3.8) is 0 Å². The molecule has 1 aliphatic rings. The van der Waals surface area contributed by atoms with Crippen LogP contribution in [0.5, 0.6) is 0 Å². The summed E-state index contributed by atoms with van der Waals surface area (Å²) in [5.74, 6) is -1.50. The summed E-state index contributed by atoms with van der Waals surface area (Å²) in [5.41, 5.74) is 1.74. The maximum Gasteiger partial charge on any atom is 0.343 e. The molecule has 2 rings (SSSR count). The fraction of sp³-hybridized carbons (Fsp3) is 0.462. The first-order valence-corrected chi connectivity index (χ1v) is 6.08. The highest BCUT2D eigenvalue weighted by Gasteiger charge is 2.40. The molecule has 1 aliphatic carbocycles. The van der Waals surface area contributed by atoms with Crippen molar-refractivity contribution in [3.05, 3.63) is 29.6 Å². The van der Waals surface area contributed by atoms with Crippen LogP contribution >= 0.6 is 0 Å². The van der Waals surface area contributed by atoms with Gasteiger partial charge in [0.05, 0.1) is 0 Å². The van der Waals surface area contributed by atoms with E-state index in [0.717, 1.165) is 18.5 Å². The molecule has 0 aromatic carbocycles. The zero-order valence-corrected chi connectivity index (χ0v) is 10.8. The monoisotopic (exact) mass is 264 g/mol. The molecule has 1 aromatic rings. The molecule has 0 radical (unpaired) electrons. The largest absolute Gasteiger partial charge is 0.479 e. The van der Waals surface area contributed by atoms with Gasteiger partial charge in [-0.25, -0.2) is 10.3 Å². The van der Waals surface area contributed by atoms with Crippen LogP contribution in [0.15, 0.2) is 18.3 Å². The summed E-state index contributed by atoms with van der Waals surface area (Å²) in [6.45, 7) is 3.19. The molecule has 6 heteroatoms. The van der Waals surface area contributed by atoms with Crippen LogP contribution in [0.25, 0.3) is 0 Å². The van der Waals surface area contributed by atoms with E-state index in [-0.39, 0.29) is 11.8 Å². The van der Waals surface area contributed by atoms with Gasteiger partial charge in [-0.1, -0.05) is 6.07 Å². The minimum absolute atomic E-state index is 0.0470. The highest BCUT2D eigenvalue weighted by Crippen LogP contribution is 2.30. The average molecular weight is 264 g/mol. The fourth-order valence-corrected chi connectivity index (χ4v) is 1.56. The van der Waals surface area contributed by atoms with Gasteiger partial charge in [-0.3, -0.25) is 14.6 Å².